The van der Waals surface area contributed by atoms with Crippen molar-refractivity contribution >= 4 is 11.7 Å². The molecule has 1 atom stereocenters. The number of benzene rings is 1. The van der Waals surface area contributed by atoms with Crippen LogP contribution < -0.4 is 5.32 Å². The van der Waals surface area contributed by atoms with E-state index in [2.05, 4.69) is 18.3 Å². The third-order valence-electron chi connectivity index (χ3n) is 5.94. The number of anilines is 1. The average molecular weight is 429 g/mol. The van der Waals surface area contributed by atoms with Gasteiger partial charge in [-0.25, -0.2) is 4.79 Å². The van der Waals surface area contributed by atoms with Gasteiger partial charge in [-0.05, 0) is 43.5 Å². The van der Waals surface area contributed by atoms with Gasteiger partial charge in [-0.2, -0.15) is 5.26 Å². The van der Waals surface area contributed by atoms with Crippen molar-refractivity contribution in [1.82, 2.24) is 0 Å². The number of unbranched alkanes of at least 4 members (excludes halogenated alkanes) is 13. The molecule has 0 saturated carbocycles. The summed E-state index contributed by atoms with van der Waals surface area (Å²) in [5.74, 6) is -1.13. The van der Waals surface area contributed by atoms with Crippen LogP contribution in [0.3, 0.4) is 0 Å². The fourth-order valence-electron chi connectivity index (χ4n) is 4.01. The number of nitrogens with zero attached hydrogens (tertiary/aromatic N) is 1. The molecule has 4 heteroatoms. The van der Waals surface area contributed by atoms with E-state index in [0.29, 0.717) is 12.0 Å². The first-order chi connectivity index (χ1) is 15.1. The van der Waals surface area contributed by atoms with E-state index in [1.807, 2.05) is 19.1 Å². The van der Waals surface area contributed by atoms with Crippen molar-refractivity contribution in [3.63, 3.8) is 0 Å². The predicted molar refractivity (Wildman–Crippen MR) is 131 cm³/mol. The second kappa shape index (κ2) is 17.6. The molecule has 2 N–H and O–H groups in total. The molecule has 174 valence electrons. The Labute approximate surface area is 190 Å². The number of rotatable bonds is 19. The van der Waals surface area contributed by atoms with Crippen molar-refractivity contribution < 1.29 is 9.90 Å². The molecule has 0 spiro atoms. The predicted octanol–water partition coefficient (Wildman–Crippen LogP) is 7.98. The number of hydrogen-bond donors (Lipinski definition) is 2. The summed E-state index contributed by atoms with van der Waals surface area (Å²) in [4.78, 5) is 11.4. The fourth-order valence-corrected chi connectivity index (χ4v) is 4.01. The number of nitrogens with one attached hydrogen (secondary N) is 1. The SMILES string of the molecule is CCCCCCCCCCCCCCCCNc1ccc(C(=O)O)c(CC(C)C#N)c1. The first-order valence-electron chi connectivity index (χ1n) is 12.6. The third kappa shape index (κ3) is 13.1. The monoisotopic (exact) mass is 428 g/mol. The van der Waals surface area contributed by atoms with Gasteiger partial charge < -0.3 is 10.4 Å². The number of nitriles is 1. The molecule has 4 nitrogen and oxygen atoms in total. The van der Waals surface area contributed by atoms with Crippen LogP contribution in [0, 0.1) is 17.2 Å². The Morgan fingerprint density at radius 3 is 1.94 bits per heavy atom. The number of carboxylic acids is 1. The molecular weight excluding hydrogens is 384 g/mol. The Balaban J connectivity index is 2.09. The lowest BCUT2D eigenvalue weighted by molar-refractivity contribution is 0.0695. The molecule has 0 fully saturated rings. The van der Waals surface area contributed by atoms with Crippen molar-refractivity contribution in [2.24, 2.45) is 5.92 Å². The summed E-state index contributed by atoms with van der Waals surface area (Å²) in [5, 5.41) is 21.8. The van der Waals surface area contributed by atoms with Gasteiger partial charge in [0.05, 0.1) is 11.6 Å². The number of hydrogen-bond acceptors (Lipinski definition) is 3. The number of aromatic carboxylic acids is 1. The topological polar surface area (TPSA) is 73.1 Å². The van der Waals surface area contributed by atoms with E-state index in [-0.39, 0.29) is 5.92 Å². The lowest BCUT2D eigenvalue weighted by Crippen LogP contribution is -2.08. The van der Waals surface area contributed by atoms with Crippen molar-refractivity contribution in [1.29, 1.82) is 5.26 Å². The molecule has 0 amide bonds. The summed E-state index contributed by atoms with van der Waals surface area (Å²) in [6, 6.07) is 7.55. The van der Waals surface area contributed by atoms with E-state index in [0.717, 1.165) is 24.2 Å². The molecular formula is C27H44N2O2. The molecule has 0 aliphatic heterocycles. The molecule has 0 aliphatic rings. The summed E-state index contributed by atoms with van der Waals surface area (Å²) in [7, 11) is 0. The Bertz CT molecular complexity index is 651. The quantitative estimate of drug-likeness (QED) is 0.219. The minimum Gasteiger partial charge on any atom is -0.478 e. The minimum atomic E-state index is -0.932. The van der Waals surface area contributed by atoms with Crippen LogP contribution in [0.15, 0.2) is 18.2 Å². The summed E-state index contributed by atoms with van der Waals surface area (Å²) in [5.41, 5.74) is 1.97. The van der Waals surface area contributed by atoms with Gasteiger partial charge in [0.1, 0.15) is 0 Å². The van der Waals surface area contributed by atoms with Gasteiger partial charge in [-0.1, -0.05) is 90.4 Å². The van der Waals surface area contributed by atoms with Crippen molar-refractivity contribution in [3.05, 3.63) is 29.3 Å². The molecule has 1 unspecified atom stereocenters. The summed E-state index contributed by atoms with van der Waals surface area (Å²) < 4.78 is 0. The molecule has 0 aromatic heterocycles. The van der Waals surface area contributed by atoms with Gasteiger partial charge in [0.15, 0.2) is 0 Å². The van der Waals surface area contributed by atoms with Crippen molar-refractivity contribution in [2.45, 2.75) is 110 Å². The van der Waals surface area contributed by atoms with Crippen LogP contribution in [0.2, 0.25) is 0 Å². The Morgan fingerprint density at radius 1 is 0.935 bits per heavy atom. The van der Waals surface area contributed by atoms with Gasteiger partial charge >= 0.3 is 5.97 Å². The Hall–Kier alpha value is -2.02. The normalized spacial score (nSPS) is 11.8. The van der Waals surface area contributed by atoms with Gasteiger partial charge in [-0.15, -0.1) is 0 Å². The fraction of sp³-hybridized carbons (Fsp3) is 0.704. The van der Waals surface area contributed by atoms with Crippen LogP contribution in [0.4, 0.5) is 5.69 Å². The van der Waals surface area contributed by atoms with Gasteiger partial charge in [-0.3, -0.25) is 0 Å². The Kier molecular flexibility index (Phi) is 15.4. The second-order valence-electron chi connectivity index (χ2n) is 8.93. The molecule has 0 heterocycles. The van der Waals surface area contributed by atoms with Gasteiger partial charge in [0.25, 0.3) is 0 Å². The zero-order valence-corrected chi connectivity index (χ0v) is 19.9. The van der Waals surface area contributed by atoms with E-state index in [1.165, 1.54) is 83.5 Å². The third-order valence-corrected chi connectivity index (χ3v) is 5.94. The molecule has 1 rings (SSSR count). The Morgan fingerprint density at radius 2 is 1.45 bits per heavy atom. The summed E-state index contributed by atoms with van der Waals surface area (Å²) in [6.07, 6.45) is 19.4. The highest BCUT2D eigenvalue weighted by Crippen LogP contribution is 2.20. The molecule has 0 aliphatic carbocycles. The largest absolute Gasteiger partial charge is 0.478 e. The van der Waals surface area contributed by atoms with Gasteiger partial charge in [0, 0.05) is 18.2 Å². The summed E-state index contributed by atoms with van der Waals surface area (Å²) in [6.45, 7) is 4.99. The molecule has 1 aromatic carbocycles. The first-order valence-corrected chi connectivity index (χ1v) is 12.6. The van der Waals surface area contributed by atoms with Crippen LogP contribution in [0.5, 0.6) is 0 Å². The van der Waals surface area contributed by atoms with Crippen LogP contribution >= 0.6 is 0 Å². The smallest absolute Gasteiger partial charge is 0.335 e. The lowest BCUT2D eigenvalue weighted by Gasteiger charge is -2.12. The van der Waals surface area contributed by atoms with E-state index in [4.69, 9.17) is 5.26 Å². The van der Waals surface area contributed by atoms with E-state index < -0.39 is 5.97 Å². The van der Waals surface area contributed by atoms with Crippen LogP contribution in [0.1, 0.15) is 120 Å². The van der Waals surface area contributed by atoms with E-state index in [1.54, 1.807) is 6.07 Å². The van der Waals surface area contributed by atoms with E-state index in [9.17, 15) is 9.90 Å². The maximum Gasteiger partial charge on any atom is 0.335 e. The van der Waals surface area contributed by atoms with Crippen LogP contribution in [-0.2, 0) is 6.42 Å². The van der Waals surface area contributed by atoms with Gasteiger partial charge in [0.2, 0.25) is 0 Å². The average Bonchev–Trinajstić information content (AvgIpc) is 2.76. The van der Waals surface area contributed by atoms with E-state index >= 15 is 0 Å². The standard InChI is InChI=1S/C27H44N2O2/c1-3-4-5-6-7-8-9-10-11-12-13-14-15-16-19-29-25-17-18-26(27(30)31)24(21-25)20-23(2)22-28/h17-18,21,23,29H,3-16,19-20H2,1-2H3,(H,30,31). The van der Waals surface area contributed by atoms with Crippen molar-refractivity contribution in [2.75, 3.05) is 11.9 Å². The van der Waals surface area contributed by atoms with Crippen LogP contribution in [0.25, 0.3) is 0 Å². The van der Waals surface area contributed by atoms with Crippen molar-refractivity contribution in [3.8, 4) is 6.07 Å². The highest BCUT2D eigenvalue weighted by Gasteiger charge is 2.13. The minimum absolute atomic E-state index is 0.195. The number of carbonyl (C=O) groups is 1. The molecule has 0 saturated heterocycles. The van der Waals surface area contributed by atoms with Crippen LogP contribution in [-0.4, -0.2) is 17.6 Å². The zero-order valence-electron chi connectivity index (χ0n) is 19.9. The molecule has 31 heavy (non-hydrogen) atoms. The zero-order chi connectivity index (χ0) is 22.7. The molecule has 0 bridgehead atoms. The number of carboxylic acid groups (broad SMARTS) is 1. The molecule has 0 radical (unpaired) electrons. The maximum absolute atomic E-state index is 11.4. The molecule has 1 aromatic rings. The lowest BCUT2D eigenvalue weighted by atomic mass is 9.97. The maximum atomic E-state index is 11.4. The highest BCUT2D eigenvalue weighted by molar-refractivity contribution is 5.90. The second-order valence-corrected chi connectivity index (χ2v) is 8.93. The first kappa shape index (κ1) is 27.0. The highest BCUT2D eigenvalue weighted by atomic mass is 16.4. The summed E-state index contributed by atoms with van der Waals surface area (Å²) >= 11 is 0.